The third-order valence-electron chi connectivity index (χ3n) is 3.63. The number of benzene rings is 1. The van der Waals surface area contributed by atoms with Crippen molar-refractivity contribution in [3.63, 3.8) is 0 Å². The predicted molar refractivity (Wildman–Crippen MR) is 80.1 cm³/mol. The minimum atomic E-state index is 0.865. The van der Waals surface area contributed by atoms with Crippen LogP contribution in [0.25, 0.3) is 6.08 Å². The highest BCUT2D eigenvalue weighted by atomic mass is 16.5. The molecule has 0 saturated carbocycles. The van der Waals surface area contributed by atoms with Crippen molar-refractivity contribution in [1.29, 1.82) is 0 Å². The lowest BCUT2D eigenvalue weighted by Gasteiger charge is -2.14. The summed E-state index contributed by atoms with van der Waals surface area (Å²) in [7, 11) is 1.70. The first-order valence-electron chi connectivity index (χ1n) is 7.04. The van der Waals surface area contributed by atoms with Gasteiger partial charge < -0.3 is 4.74 Å². The van der Waals surface area contributed by atoms with Crippen LogP contribution in [0.2, 0.25) is 0 Å². The first-order valence-corrected chi connectivity index (χ1v) is 7.04. The molecular weight excluding hydrogens is 220 g/mol. The molecule has 1 nitrogen and oxygen atoms in total. The zero-order valence-corrected chi connectivity index (χ0v) is 12.0. The molecule has 0 N–H and O–H groups in total. The Bertz CT molecular complexity index is 368. The second-order valence-electron chi connectivity index (χ2n) is 4.88. The van der Waals surface area contributed by atoms with E-state index in [1.54, 1.807) is 7.11 Å². The molecule has 0 saturated heterocycles. The fraction of sp³-hybridized carbons (Fsp3) is 0.529. The van der Waals surface area contributed by atoms with E-state index >= 15 is 0 Å². The van der Waals surface area contributed by atoms with E-state index in [9.17, 15) is 0 Å². The molecule has 1 aromatic carbocycles. The van der Waals surface area contributed by atoms with Crippen LogP contribution in [-0.4, -0.2) is 7.11 Å². The van der Waals surface area contributed by atoms with Crippen LogP contribution in [-0.2, 0) is 6.42 Å². The van der Waals surface area contributed by atoms with Gasteiger partial charge in [-0.1, -0.05) is 51.8 Å². The Kier molecular flexibility index (Phi) is 6.56. The number of rotatable bonds is 8. The van der Waals surface area contributed by atoms with Gasteiger partial charge in [0, 0.05) is 5.56 Å². The lowest BCUT2D eigenvalue weighted by atomic mass is 9.93. The van der Waals surface area contributed by atoms with Crippen molar-refractivity contribution in [2.75, 3.05) is 7.11 Å². The Balaban J connectivity index is 2.64. The molecule has 0 bridgehead atoms. The first kappa shape index (κ1) is 14.8. The van der Waals surface area contributed by atoms with Gasteiger partial charge in [-0.15, -0.1) is 0 Å². The van der Waals surface area contributed by atoms with Crippen LogP contribution in [0.15, 0.2) is 24.8 Å². The zero-order valence-electron chi connectivity index (χ0n) is 12.0. The summed E-state index contributed by atoms with van der Waals surface area (Å²) in [6.07, 6.45) is 8.24. The summed E-state index contributed by atoms with van der Waals surface area (Å²) in [4.78, 5) is 0. The van der Waals surface area contributed by atoms with E-state index in [0.717, 1.165) is 23.7 Å². The Morgan fingerprint density at radius 2 is 2.06 bits per heavy atom. The van der Waals surface area contributed by atoms with Crippen molar-refractivity contribution in [3.8, 4) is 5.75 Å². The monoisotopic (exact) mass is 246 g/mol. The van der Waals surface area contributed by atoms with Crippen LogP contribution < -0.4 is 4.74 Å². The lowest BCUT2D eigenvalue weighted by Crippen LogP contribution is -2.01. The van der Waals surface area contributed by atoms with Gasteiger partial charge in [-0.3, -0.25) is 0 Å². The van der Waals surface area contributed by atoms with Crippen LogP contribution >= 0.6 is 0 Å². The minimum Gasteiger partial charge on any atom is -0.496 e. The summed E-state index contributed by atoms with van der Waals surface area (Å²) in [6, 6.07) is 6.42. The van der Waals surface area contributed by atoms with Crippen LogP contribution in [0.4, 0.5) is 0 Å². The lowest BCUT2D eigenvalue weighted by molar-refractivity contribution is 0.413. The number of hydrogen-bond acceptors (Lipinski definition) is 1. The smallest absolute Gasteiger partial charge is 0.126 e. The number of hydrogen-bond donors (Lipinski definition) is 0. The molecule has 0 heterocycles. The molecule has 0 fully saturated rings. The van der Waals surface area contributed by atoms with Gasteiger partial charge in [0.2, 0.25) is 0 Å². The molecule has 0 aliphatic carbocycles. The second kappa shape index (κ2) is 7.97. The van der Waals surface area contributed by atoms with E-state index in [4.69, 9.17) is 4.74 Å². The maximum Gasteiger partial charge on any atom is 0.126 e. The van der Waals surface area contributed by atoms with Crippen molar-refractivity contribution >= 4 is 6.08 Å². The summed E-state index contributed by atoms with van der Waals surface area (Å²) in [5.41, 5.74) is 2.48. The highest BCUT2D eigenvalue weighted by Gasteiger charge is 2.07. The molecule has 1 atom stereocenters. The van der Waals surface area contributed by atoms with Crippen LogP contribution in [0.5, 0.6) is 5.75 Å². The van der Waals surface area contributed by atoms with Gasteiger partial charge in [-0.2, -0.15) is 0 Å². The largest absolute Gasteiger partial charge is 0.496 e. The number of methoxy groups -OCH3 is 1. The van der Waals surface area contributed by atoms with Gasteiger partial charge in [-0.05, 0) is 36.5 Å². The Morgan fingerprint density at radius 1 is 1.28 bits per heavy atom. The van der Waals surface area contributed by atoms with Crippen LogP contribution in [0.1, 0.15) is 50.7 Å². The highest BCUT2D eigenvalue weighted by Crippen LogP contribution is 2.23. The quantitative estimate of drug-likeness (QED) is 0.620. The molecule has 100 valence electrons. The third-order valence-corrected chi connectivity index (χ3v) is 3.63. The molecule has 1 heteroatoms. The van der Waals surface area contributed by atoms with Gasteiger partial charge in [0.15, 0.2) is 0 Å². The summed E-state index contributed by atoms with van der Waals surface area (Å²) in [5.74, 6) is 1.78. The van der Waals surface area contributed by atoms with Gasteiger partial charge in [0.1, 0.15) is 5.75 Å². The second-order valence-corrected chi connectivity index (χ2v) is 4.88. The molecular formula is C17H26O. The average Bonchev–Trinajstić information content (AvgIpc) is 2.42. The summed E-state index contributed by atoms with van der Waals surface area (Å²) in [5, 5.41) is 0. The molecule has 0 aliphatic heterocycles. The van der Waals surface area contributed by atoms with Gasteiger partial charge in [0.25, 0.3) is 0 Å². The standard InChI is InChI=1S/C17H26O/c1-5-8-14(6-2)9-10-15-11-12-17(18-4)16(7-3)13-15/h7,11-14H,3,5-6,8-10H2,1-2,4H3. The summed E-state index contributed by atoms with van der Waals surface area (Å²) in [6.45, 7) is 8.41. The Hall–Kier alpha value is -1.24. The van der Waals surface area contributed by atoms with E-state index < -0.39 is 0 Å². The van der Waals surface area contributed by atoms with Crippen molar-refractivity contribution in [3.05, 3.63) is 35.9 Å². The predicted octanol–water partition coefficient (Wildman–Crippen LogP) is 5.10. The average molecular weight is 246 g/mol. The normalized spacial score (nSPS) is 12.2. The molecule has 1 unspecified atom stereocenters. The minimum absolute atomic E-state index is 0.865. The molecule has 0 amide bonds. The number of ether oxygens (including phenoxy) is 1. The SMILES string of the molecule is C=Cc1cc(CCC(CC)CCC)ccc1OC. The first-order chi connectivity index (χ1) is 8.74. The van der Waals surface area contributed by atoms with Crippen LogP contribution in [0, 0.1) is 5.92 Å². The molecule has 1 aromatic rings. The van der Waals surface area contributed by atoms with E-state index in [1.165, 1.54) is 31.2 Å². The van der Waals surface area contributed by atoms with Crippen molar-refractivity contribution in [2.24, 2.45) is 5.92 Å². The topological polar surface area (TPSA) is 9.23 Å². The maximum absolute atomic E-state index is 5.31. The van der Waals surface area contributed by atoms with E-state index in [2.05, 4.69) is 32.6 Å². The highest BCUT2D eigenvalue weighted by molar-refractivity contribution is 5.56. The molecule has 0 aliphatic rings. The molecule has 0 aromatic heterocycles. The van der Waals surface area contributed by atoms with Crippen molar-refractivity contribution in [2.45, 2.75) is 46.0 Å². The maximum atomic E-state index is 5.31. The fourth-order valence-corrected chi connectivity index (χ4v) is 2.43. The fourth-order valence-electron chi connectivity index (χ4n) is 2.43. The zero-order chi connectivity index (χ0) is 13.4. The van der Waals surface area contributed by atoms with Gasteiger partial charge >= 0.3 is 0 Å². The third kappa shape index (κ3) is 4.21. The molecule has 18 heavy (non-hydrogen) atoms. The number of aryl methyl sites for hydroxylation is 1. The molecule has 0 spiro atoms. The van der Waals surface area contributed by atoms with Crippen LogP contribution in [0.3, 0.4) is 0 Å². The van der Waals surface area contributed by atoms with E-state index in [1.807, 2.05) is 12.1 Å². The van der Waals surface area contributed by atoms with Crippen molar-refractivity contribution < 1.29 is 4.74 Å². The van der Waals surface area contributed by atoms with Gasteiger partial charge in [-0.25, -0.2) is 0 Å². The van der Waals surface area contributed by atoms with E-state index in [0.29, 0.717) is 0 Å². The molecule has 1 rings (SSSR count). The van der Waals surface area contributed by atoms with Crippen molar-refractivity contribution in [1.82, 2.24) is 0 Å². The Labute approximate surface area is 112 Å². The Morgan fingerprint density at radius 3 is 2.61 bits per heavy atom. The summed E-state index contributed by atoms with van der Waals surface area (Å²) < 4.78 is 5.31. The summed E-state index contributed by atoms with van der Waals surface area (Å²) >= 11 is 0. The van der Waals surface area contributed by atoms with Gasteiger partial charge in [0.05, 0.1) is 7.11 Å². The van der Waals surface area contributed by atoms with E-state index in [-0.39, 0.29) is 0 Å². The molecule has 0 radical (unpaired) electrons.